The second-order valence-corrected chi connectivity index (χ2v) is 9.10. The largest absolute Gasteiger partial charge is 0.497 e. The Balaban J connectivity index is 1.51. The topological polar surface area (TPSA) is 48.4 Å². The first kappa shape index (κ1) is 22.0. The van der Waals surface area contributed by atoms with Crippen LogP contribution < -0.4 is 4.74 Å². The van der Waals surface area contributed by atoms with Crippen molar-refractivity contribution in [2.24, 2.45) is 5.10 Å². The second kappa shape index (κ2) is 9.94. The Hall–Kier alpha value is -2.22. The van der Waals surface area contributed by atoms with Gasteiger partial charge in [0, 0.05) is 50.0 Å². The Labute approximate surface area is 192 Å². The van der Waals surface area contributed by atoms with Crippen molar-refractivity contribution < 1.29 is 9.53 Å². The minimum absolute atomic E-state index is 0.0758. The van der Waals surface area contributed by atoms with Crippen LogP contribution in [-0.4, -0.2) is 73.3 Å². The van der Waals surface area contributed by atoms with Crippen LogP contribution in [0, 0.1) is 0 Å². The molecule has 1 amide bonds. The first-order chi connectivity index (χ1) is 15.0. The molecule has 0 bridgehead atoms. The van der Waals surface area contributed by atoms with Crippen LogP contribution in [0.1, 0.15) is 30.0 Å². The number of likely N-dealkylation sites (N-methyl/N-ethyl adjacent to an activating group) is 1. The van der Waals surface area contributed by atoms with E-state index in [0.29, 0.717) is 12.8 Å². The number of carbonyl (C=O) groups is 1. The summed E-state index contributed by atoms with van der Waals surface area (Å²) in [6.45, 7) is 4.91. The number of piperazine rings is 1. The number of halogens is 1. The lowest BCUT2D eigenvalue weighted by atomic mass is 9.98. The molecule has 7 heteroatoms. The summed E-state index contributed by atoms with van der Waals surface area (Å²) in [5.74, 6) is 0.885. The Morgan fingerprint density at radius 3 is 2.39 bits per heavy atom. The highest BCUT2D eigenvalue weighted by molar-refractivity contribution is 9.10. The van der Waals surface area contributed by atoms with Crippen LogP contribution in [-0.2, 0) is 4.79 Å². The molecular weight excluding hydrogens is 456 g/mol. The predicted octanol–water partition coefficient (Wildman–Crippen LogP) is 3.77. The molecule has 6 nitrogen and oxygen atoms in total. The van der Waals surface area contributed by atoms with Crippen molar-refractivity contribution in [2.75, 3.05) is 46.9 Å². The van der Waals surface area contributed by atoms with E-state index >= 15 is 0 Å². The summed E-state index contributed by atoms with van der Waals surface area (Å²) in [4.78, 5) is 17.9. The third kappa shape index (κ3) is 5.34. The normalized spacial score (nSPS) is 20.0. The summed E-state index contributed by atoms with van der Waals surface area (Å²) in [7, 11) is 3.80. The second-order valence-electron chi connectivity index (χ2n) is 8.18. The fraction of sp³-hybridized carbons (Fsp3) is 0.417. The van der Waals surface area contributed by atoms with Crippen molar-refractivity contribution in [3.63, 3.8) is 0 Å². The number of nitrogens with zero attached hydrogens (tertiary/aromatic N) is 4. The van der Waals surface area contributed by atoms with E-state index in [1.165, 1.54) is 0 Å². The van der Waals surface area contributed by atoms with Gasteiger partial charge in [-0.05, 0) is 42.4 Å². The van der Waals surface area contributed by atoms with Crippen LogP contribution in [0.3, 0.4) is 0 Å². The van der Waals surface area contributed by atoms with Crippen LogP contribution in [0.5, 0.6) is 5.75 Å². The highest BCUT2D eigenvalue weighted by atomic mass is 79.9. The molecule has 1 fully saturated rings. The summed E-state index contributed by atoms with van der Waals surface area (Å²) >= 11 is 3.49. The molecule has 0 saturated carbocycles. The molecule has 2 aliphatic heterocycles. The molecule has 164 valence electrons. The third-order valence-corrected chi connectivity index (χ3v) is 6.61. The number of ether oxygens (including phenoxy) is 1. The highest BCUT2D eigenvalue weighted by Gasteiger charge is 2.33. The van der Waals surface area contributed by atoms with E-state index in [1.54, 1.807) is 12.1 Å². The fourth-order valence-corrected chi connectivity index (χ4v) is 4.35. The van der Waals surface area contributed by atoms with E-state index < -0.39 is 0 Å². The summed E-state index contributed by atoms with van der Waals surface area (Å²) < 4.78 is 6.33. The first-order valence-electron chi connectivity index (χ1n) is 10.7. The first-order valence-corrected chi connectivity index (χ1v) is 11.5. The van der Waals surface area contributed by atoms with Crippen molar-refractivity contribution >= 4 is 27.5 Å². The number of hydrazone groups is 1. The molecule has 0 aromatic heterocycles. The van der Waals surface area contributed by atoms with Gasteiger partial charge < -0.3 is 14.5 Å². The molecule has 4 rings (SSSR count). The van der Waals surface area contributed by atoms with Gasteiger partial charge in [0.25, 0.3) is 0 Å². The van der Waals surface area contributed by atoms with E-state index in [1.807, 2.05) is 48.5 Å². The molecule has 31 heavy (non-hydrogen) atoms. The molecule has 0 aliphatic carbocycles. The van der Waals surface area contributed by atoms with Crippen LogP contribution >= 0.6 is 15.9 Å². The van der Waals surface area contributed by atoms with Crippen LogP contribution in [0.2, 0.25) is 0 Å². The highest BCUT2D eigenvalue weighted by Crippen LogP contribution is 2.34. The third-order valence-electron chi connectivity index (χ3n) is 6.08. The number of hydrogen-bond acceptors (Lipinski definition) is 5. The van der Waals surface area contributed by atoms with Gasteiger partial charge in [-0.1, -0.05) is 40.2 Å². The fourth-order valence-electron chi connectivity index (χ4n) is 4.08. The number of amides is 1. The molecule has 0 radical (unpaired) electrons. The number of rotatable bonds is 6. The van der Waals surface area contributed by atoms with E-state index in [4.69, 9.17) is 9.84 Å². The SMILES string of the molecule is COc1ccc(C2CC(c3ccc(Br)cc3)=NN2C(=O)CCN2CCN(C)CC2)cc1. The van der Waals surface area contributed by atoms with E-state index in [-0.39, 0.29) is 11.9 Å². The van der Waals surface area contributed by atoms with E-state index in [9.17, 15) is 4.79 Å². The quantitative estimate of drug-likeness (QED) is 0.625. The van der Waals surface area contributed by atoms with Gasteiger partial charge in [0.05, 0.1) is 18.9 Å². The zero-order chi connectivity index (χ0) is 21.8. The van der Waals surface area contributed by atoms with Gasteiger partial charge in [-0.25, -0.2) is 5.01 Å². The maximum absolute atomic E-state index is 13.2. The lowest BCUT2D eigenvalue weighted by molar-refractivity contribution is -0.133. The Bertz CT molecular complexity index is 922. The van der Waals surface area contributed by atoms with Crippen molar-refractivity contribution in [2.45, 2.75) is 18.9 Å². The minimum Gasteiger partial charge on any atom is -0.497 e. The number of carbonyl (C=O) groups excluding carboxylic acids is 1. The van der Waals surface area contributed by atoms with Gasteiger partial charge in [-0.15, -0.1) is 0 Å². The lowest BCUT2D eigenvalue weighted by Gasteiger charge is -2.32. The molecule has 2 aliphatic rings. The lowest BCUT2D eigenvalue weighted by Crippen LogP contribution is -2.45. The monoisotopic (exact) mass is 484 g/mol. The number of benzene rings is 2. The maximum Gasteiger partial charge on any atom is 0.244 e. The smallest absolute Gasteiger partial charge is 0.244 e. The van der Waals surface area contributed by atoms with Crippen LogP contribution in [0.15, 0.2) is 58.1 Å². The summed E-state index contributed by atoms with van der Waals surface area (Å²) in [6.07, 6.45) is 1.18. The molecule has 1 atom stereocenters. The van der Waals surface area contributed by atoms with Crippen LogP contribution in [0.25, 0.3) is 0 Å². The number of methoxy groups -OCH3 is 1. The Morgan fingerprint density at radius 2 is 1.74 bits per heavy atom. The molecule has 1 saturated heterocycles. The minimum atomic E-state index is -0.0930. The molecule has 2 aromatic rings. The number of hydrogen-bond donors (Lipinski definition) is 0. The summed E-state index contributed by atoms with van der Waals surface area (Å²) in [6, 6.07) is 16.0. The Morgan fingerprint density at radius 1 is 1.06 bits per heavy atom. The zero-order valence-electron chi connectivity index (χ0n) is 18.1. The molecule has 2 aromatic carbocycles. The van der Waals surface area contributed by atoms with E-state index in [0.717, 1.165) is 59.8 Å². The van der Waals surface area contributed by atoms with Crippen molar-refractivity contribution in [1.82, 2.24) is 14.8 Å². The Kier molecular flexibility index (Phi) is 7.05. The van der Waals surface area contributed by atoms with Gasteiger partial charge in [-0.3, -0.25) is 4.79 Å². The van der Waals surface area contributed by atoms with Gasteiger partial charge in [0.2, 0.25) is 5.91 Å². The average molecular weight is 485 g/mol. The summed E-state index contributed by atoms with van der Waals surface area (Å²) in [5.41, 5.74) is 3.07. The van der Waals surface area contributed by atoms with Crippen molar-refractivity contribution in [3.05, 3.63) is 64.1 Å². The molecule has 0 spiro atoms. The van der Waals surface area contributed by atoms with Gasteiger partial charge >= 0.3 is 0 Å². The summed E-state index contributed by atoms with van der Waals surface area (Å²) in [5, 5.41) is 6.49. The maximum atomic E-state index is 13.2. The van der Waals surface area contributed by atoms with E-state index in [2.05, 4.69) is 32.8 Å². The van der Waals surface area contributed by atoms with Crippen molar-refractivity contribution in [3.8, 4) is 5.75 Å². The molecule has 1 unspecified atom stereocenters. The molecular formula is C24H29BrN4O2. The molecule has 0 N–H and O–H groups in total. The van der Waals surface area contributed by atoms with Gasteiger partial charge in [-0.2, -0.15) is 5.10 Å². The van der Waals surface area contributed by atoms with Gasteiger partial charge in [0.15, 0.2) is 0 Å². The average Bonchev–Trinajstić information content (AvgIpc) is 3.24. The van der Waals surface area contributed by atoms with Crippen molar-refractivity contribution in [1.29, 1.82) is 0 Å². The zero-order valence-corrected chi connectivity index (χ0v) is 19.7. The standard InChI is InChI=1S/C24H29BrN4O2/c1-27-13-15-28(16-14-27)12-11-24(30)29-23(19-5-9-21(31-2)10-6-19)17-22(26-29)18-3-7-20(25)8-4-18/h3-10,23H,11-17H2,1-2H3. The van der Waals surface area contributed by atoms with Gasteiger partial charge in [0.1, 0.15) is 5.75 Å². The molecule has 2 heterocycles. The van der Waals surface area contributed by atoms with Crippen LogP contribution in [0.4, 0.5) is 0 Å². The predicted molar refractivity (Wildman–Crippen MR) is 126 cm³/mol.